The average molecular weight is 281 g/mol. The molecule has 7 heteroatoms. The number of aliphatic hydroxyl groups is 1. The number of hydrogen-bond acceptors (Lipinski definition) is 3. The molecule has 1 heterocycles. The van der Waals surface area contributed by atoms with E-state index in [1.807, 2.05) is 6.07 Å². The molecule has 0 aliphatic heterocycles. The summed E-state index contributed by atoms with van der Waals surface area (Å²) in [4.78, 5) is 0. The summed E-state index contributed by atoms with van der Waals surface area (Å²) in [5.41, 5.74) is -0.125. The highest BCUT2D eigenvalue weighted by molar-refractivity contribution is 5.48. The molecule has 0 aliphatic rings. The highest BCUT2D eigenvalue weighted by Gasteiger charge is 2.33. The summed E-state index contributed by atoms with van der Waals surface area (Å²) in [6, 6.07) is 7.10. The molecular weight excluding hydrogens is 271 g/mol. The molecule has 0 fully saturated rings. The van der Waals surface area contributed by atoms with Crippen molar-refractivity contribution in [3.05, 3.63) is 47.3 Å². The first-order chi connectivity index (χ1) is 9.32. The monoisotopic (exact) mass is 281 g/mol. The van der Waals surface area contributed by atoms with Gasteiger partial charge >= 0.3 is 6.18 Å². The van der Waals surface area contributed by atoms with Crippen molar-refractivity contribution in [1.29, 1.82) is 5.26 Å². The van der Waals surface area contributed by atoms with E-state index in [1.54, 1.807) is 0 Å². The molecule has 1 N–H and O–H groups in total. The van der Waals surface area contributed by atoms with Crippen molar-refractivity contribution in [3.8, 4) is 11.8 Å². The first-order valence-electron chi connectivity index (χ1n) is 5.68. The average Bonchev–Trinajstić information content (AvgIpc) is 2.87. The molecule has 104 valence electrons. The summed E-state index contributed by atoms with van der Waals surface area (Å²) in [6.45, 7) is 1.49. The Morgan fingerprint density at radius 1 is 1.35 bits per heavy atom. The van der Waals surface area contributed by atoms with Gasteiger partial charge in [-0.1, -0.05) is 6.07 Å². The SMILES string of the molecule is C[C@H](O)c1ccc(C#N)cc1-n1ccc(C(F)(F)F)n1. The van der Waals surface area contributed by atoms with E-state index in [-0.39, 0.29) is 11.3 Å². The van der Waals surface area contributed by atoms with Crippen molar-refractivity contribution in [3.63, 3.8) is 0 Å². The molecule has 2 aromatic rings. The van der Waals surface area contributed by atoms with Crippen molar-refractivity contribution in [2.24, 2.45) is 0 Å². The Morgan fingerprint density at radius 2 is 2.05 bits per heavy atom. The molecule has 1 aromatic heterocycles. The van der Waals surface area contributed by atoms with Crippen LogP contribution < -0.4 is 0 Å². The van der Waals surface area contributed by atoms with E-state index in [0.29, 0.717) is 5.56 Å². The standard InChI is InChI=1S/C13H10F3N3O/c1-8(20)10-3-2-9(7-17)6-11(10)19-5-4-12(18-19)13(14,15)16/h2-6,8,20H,1H3/t8-/m0/s1. The smallest absolute Gasteiger partial charge is 0.389 e. The van der Waals surface area contributed by atoms with Crippen LogP contribution in [0, 0.1) is 11.3 Å². The molecule has 0 unspecified atom stereocenters. The van der Waals surface area contributed by atoms with E-state index in [9.17, 15) is 18.3 Å². The lowest BCUT2D eigenvalue weighted by atomic mass is 10.1. The quantitative estimate of drug-likeness (QED) is 0.920. The van der Waals surface area contributed by atoms with Gasteiger partial charge in [0.1, 0.15) is 0 Å². The van der Waals surface area contributed by atoms with Crippen LogP contribution in [-0.2, 0) is 6.18 Å². The minimum atomic E-state index is -4.54. The summed E-state index contributed by atoms with van der Waals surface area (Å²) in [6.07, 6.45) is -4.29. The zero-order valence-electron chi connectivity index (χ0n) is 10.4. The number of hydrogen-bond donors (Lipinski definition) is 1. The minimum Gasteiger partial charge on any atom is -0.389 e. The van der Waals surface area contributed by atoms with Crippen LogP contribution in [0.5, 0.6) is 0 Å². The fourth-order valence-electron chi connectivity index (χ4n) is 1.77. The number of halogens is 3. The van der Waals surface area contributed by atoms with Gasteiger partial charge in [-0.2, -0.15) is 23.5 Å². The largest absolute Gasteiger partial charge is 0.435 e. The van der Waals surface area contributed by atoms with Crippen molar-refractivity contribution in [2.75, 3.05) is 0 Å². The number of alkyl halides is 3. The van der Waals surface area contributed by atoms with E-state index in [2.05, 4.69) is 5.10 Å². The number of aliphatic hydroxyl groups excluding tert-OH is 1. The molecule has 0 saturated carbocycles. The summed E-state index contributed by atoms with van der Waals surface area (Å²) in [7, 11) is 0. The van der Waals surface area contributed by atoms with Crippen LogP contribution in [0.15, 0.2) is 30.5 Å². The summed E-state index contributed by atoms with van der Waals surface area (Å²) in [5.74, 6) is 0. The highest BCUT2D eigenvalue weighted by atomic mass is 19.4. The van der Waals surface area contributed by atoms with Gasteiger partial charge in [0.25, 0.3) is 0 Å². The number of aromatic nitrogens is 2. The van der Waals surface area contributed by atoms with E-state index in [4.69, 9.17) is 5.26 Å². The van der Waals surface area contributed by atoms with Gasteiger partial charge in [0.2, 0.25) is 0 Å². The normalized spacial score (nSPS) is 13.0. The molecule has 4 nitrogen and oxygen atoms in total. The minimum absolute atomic E-state index is 0.245. The Bertz CT molecular complexity index is 668. The Hall–Kier alpha value is -2.33. The van der Waals surface area contributed by atoms with Gasteiger partial charge in [-0.15, -0.1) is 0 Å². The van der Waals surface area contributed by atoms with Crippen LogP contribution >= 0.6 is 0 Å². The molecule has 0 aliphatic carbocycles. The zero-order chi connectivity index (χ0) is 14.9. The highest BCUT2D eigenvalue weighted by Crippen LogP contribution is 2.29. The zero-order valence-corrected chi connectivity index (χ0v) is 10.4. The molecule has 0 bridgehead atoms. The van der Waals surface area contributed by atoms with Crippen LogP contribution in [0.4, 0.5) is 13.2 Å². The fraction of sp³-hybridized carbons (Fsp3) is 0.231. The van der Waals surface area contributed by atoms with Gasteiger partial charge in [-0.3, -0.25) is 0 Å². The van der Waals surface area contributed by atoms with Crippen LogP contribution in [0.2, 0.25) is 0 Å². The molecule has 0 radical (unpaired) electrons. The predicted octanol–water partition coefficient (Wildman–Crippen LogP) is 2.82. The lowest BCUT2D eigenvalue weighted by Gasteiger charge is -2.12. The fourth-order valence-corrected chi connectivity index (χ4v) is 1.77. The first-order valence-corrected chi connectivity index (χ1v) is 5.68. The number of nitriles is 1. The van der Waals surface area contributed by atoms with Crippen molar-refractivity contribution in [2.45, 2.75) is 19.2 Å². The van der Waals surface area contributed by atoms with Crippen molar-refractivity contribution >= 4 is 0 Å². The summed E-state index contributed by atoms with van der Waals surface area (Å²) in [5, 5.41) is 21.9. The van der Waals surface area contributed by atoms with Crippen LogP contribution in [0.1, 0.15) is 29.8 Å². The summed E-state index contributed by atoms with van der Waals surface area (Å²) >= 11 is 0. The Kier molecular flexibility index (Phi) is 3.51. The Balaban J connectivity index is 2.56. The molecule has 2 rings (SSSR count). The molecule has 1 aromatic carbocycles. The Labute approximate surface area is 112 Å². The maximum atomic E-state index is 12.5. The topological polar surface area (TPSA) is 61.8 Å². The van der Waals surface area contributed by atoms with Crippen molar-refractivity contribution < 1.29 is 18.3 Å². The third-order valence-electron chi connectivity index (χ3n) is 2.74. The molecule has 0 spiro atoms. The molecule has 20 heavy (non-hydrogen) atoms. The van der Waals surface area contributed by atoms with Gasteiger partial charge in [0, 0.05) is 11.8 Å². The van der Waals surface area contributed by atoms with Crippen molar-refractivity contribution in [1.82, 2.24) is 9.78 Å². The van der Waals surface area contributed by atoms with E-state index in [1.165, 1.54) is 25.1 Å². The second-order valence-electron chi connectivity index (χ2n) is 4.20. The maximum absolute atomic E-state index is 12.5. The second kappa shape index (κ2) is 4.98. The number of benzene rings is 1. The van der Waals surface area contributed by atoms with Gasteiger partial charge < -0.3 is 5.11 Å². The first kappa shape index (κ1) is 14.1. The second-order valence-corrected chi connectivity index (χ2v) is 4.20. The van der Waals surface area contributed by atoms with Gasteiger partial charge in [0.15, 0.2) is 5.69 Å². The van der Waals surface area contributed by atoms with Crippen LogP contribution in [0.25, 0.3) is 5.69 Å². The molecule has 0 saturated heterocycles. The lowest BCUT2D eigenvalue weighted by molar-refractivity contribution is -0.141. The van der Waals surface area contributed by atoms with Crippen LogP contribution in [0.3, 0.4) is 0 Å². The van der Waals surface area contributed by atoms with E-state index >= 15 is 0 Å². The summed E-state index contributed by atoms with van der Waals surface area (Å²) < 4.78 is 38.6. The molecule has 1 atom stereocenters. The molecule has 0 amide bonds. The predicted molar refractivity (Wildman–Crippen MR) is 63.9 cm³/mol. The third kappa shape index (κ3) is 2.65. The number of nitrogens with zero attached hydrogens (tertiary/aromatic N) is 3. The van der Waals surface area contributed by atoms with Gasteiger partial charge in [-0.05, 0) is 25.1 Å². The Morgan fingerprint density at radius 3 is 2.55 bits per heavy atom. The van der Waals surface area contributed by atoms with Gasteiger partial charge in [-0.25, -0.2) is 4.68 Å². The maximum Gasteiger partial charge on any atom is 0.435 e. The lowest BCUT2D eigenvalue weighted by Crippen LogP contribution is -2.09. The van der Waals surface area contributed by atoms with Crippen LogP contribution in [-0.4, -0.2) is 14.9 Å². The van der Waals surface area contributed by atoms with E-state index in [0.717, 1.165) is 16.9 Å². The number of rotatable bonds is 2. The third-order valence-corrected chi connectivity index (χ3v) is 2.74. The molecular formula is C13H10F3N3O. The van der Waals surface area contributed by atoms with E-state index < -0.39 is 18.0 Å². The van der Waals surface area contributed by atoms with Gasteiger partial charge in [0.05, 0.1) is 23.4 Å².